The zero-order valence-electron chi connectivity index (χ0n) is 18.0. The second-order valence-corrected chi connectivity index (χ2v) is 9.96. The van der Waals surface area contributed by atoms with E-state index in [1.807, 2.05) is 11.0 Å². The van der Waals surface area contributed by atoms with E-state index in [4.69, 9.17) is 4.74 Å². The van der Waals surface area contributed by atoms with Gasteiger partial charge in [0.2, 0.25) is 5.91 Å². The maximum atomic E-state index is 13.3. The molecule has 32 heavy (non-hydrogen) atoms. The molecular weight excluding hydrogens is 420 g/mol. The van der Waals surface area contributed by atoms with Gasteiger partial charge in [0.15, 0.2) is 0 Å². The number of carbonyl (C=O) groups is 1. The average molecular weight is 447 g/mol. The van der Waals surface area contributed by atoms with E-state index in [9.17, 15) is 9.59 Å². The molecule has 164 valence electrons. The number of aromatic nitrogens is 1. The van der Waals surface area contributed by atoms with Crippen molar-refractivity contribution in [3.8, 4) is 0 Å². The Labute approximate surface area is 191 Å². The fourth-order valence-corrected chi connectivity index (χ4v) is 6.54. The molecule has 0 bridgehead atoms. The summed E-state index contributed by atoms with van der Waals surface area (Å²) in [6.07, 6.45) is 3.08. The van der Waals surface area contributed by atoms with Gasteiger partial charge in [-0.05, 0) is 52.6 Å². The Kier molecular flexibility index (Phi) is 5.07. The molecule has 3 aromatic rings. The molecule has 6 rings (SSSR count). The van der Waals surface area contributed by atoms with E-state index in [0.717, 1.165) is 29.9 Å². The maximum absolute atomic E-state index is 13.3. The number of ether oxygens (including phenoxy) is 1. The number of rotatable bonds is 4. The number of carbonyl (C=O) groups excluding carboxylic acids is 1. The highest BCUT2D eigenvalue weighted by Gasteiger charge is 2.39. The van der Waals surface area contributed by atoms with Crippen molar-refractivity contribution in [2.45, 2.75) is 36.2 Å². The predicted molar refractivity (Wildman–Crippen MR) is 127 cm³/mol. The minimum absolute atomic E-state index is 0.0451. The number of thioether (sulfide) groups is 1. The van der Waals surface area contributed by atoms with Crippen molar-refractivity contribution in [1.29, 1.82) is 0 Å². The van der Waals surface area contributed by atoms with Crippen molar-refractivity contribution in [3.05, 3.63) is 75.6 Å². The van der Waals surface area contributed by atoms with Gasteiger partial charge in [-0.2, -0.15) is 0 Å². The zero-order chi connectivity index (χ0) is 21.7. The summed E-state index contributed by atoms with van der Waals surface area (Å²) in [5, 5.41) is 3.49. The Morgan fingerprint density at radius 1 is 1.03 bits per heavy atom. The van der Waals surface area contributed by atoms with Gasteiger partial charge in [0.25, 0.3) is 5.56 Å². The third-order valence-corrected chi connectivity index (χ3v) is 8.05. The first-order valence-corrected chi connectivity index (χ1v) is 12.4. The zero-order valence-corrected chi connectivity index (χ0v) is 18.8. The largest absolute Gasteiger partial charge is 0.378 e. The van der Waals surface area contributed by atoms with Crippen LogP contribution in [0.5, 0.6) is 0 Å². The molecule has 1 aliphatic carbocycles. The number of hydrogen-bond acceptors (Lipinski definition) is 4. The molecule has 1 aromatic heterocycles. The molecule has 5 nitrogen and oxygen atoms in total. The minimum Gasteiger partial charge on any atom is -0.378 e. The fraction of sp³-hybridized carbons (Fsp3) is 0.385. The summed E-state index contributed by atoms with van der Waals surface area (Å²) in [7, 11) is 0. The Balaban J connectivity index is 1.40. The number of pyridine rings is 1. The van der Waals surface area contributed by atoms with Gasteiger partial charge in [0, 0.05) is 24.9 Å². The smallest absolute Gasteiger partial charge is 0.252 e. The fourth-order valence-electron chi connectivity index (χ4n) is 5.12. The number of benzene rings is 2. The first-order valence-electron chi connectivity index (χ1n) is 11.4. The molecular formula is C26H26N2O3S. The van der Waals surface area contributed by atoms with Crippen LogP contribution in [-0.2, 0) is 16.0 Å². The topological polar surface area (TPSA) is 51.5 Å². The van der Waals surface area contributed by atoms with E-state index in [1.165, 1.54) is 21.9 Å². The number of hydrogen-bond donors (Lipinski definition) is 0. The van der Waals surface area contributed by atoms with E-state index in [-0.39, 0.29) is 11.5 Å². The van der Waals surface area contributed by atoms with Gasteiger partial charge >= 0.3 is 0 Å². The van der Waals surface area contributed by atoms with Crippen LogP contribution in [0, 0.1) is 0 Å². The molecule has 1 unspecified atom stereocenters. The first kappa shape index (κ1) is 20.1. The molecule has 6 heteroatoms. The summed E-state index contributed by atoms with van der Waals surface area (Å²) in [5.41, 5.74) is 3.64. The van der Waals surface area contributed by atoms with Crippen LogP contribution < -0.4 is 5.56 Å². The molecule has 1 amide bonds. The summed E-state index contributed by atoms with van der Waals surface area (Å²) in [6, 6.07) is 16.2. The van der Waals surface area contributed by atoms with E-state index in [0.29, 0.717) is 38.0 Å². The Morgan fingerprint density at radius 2 is 1.81 bits per heavy atom. The van der Waals surface area contributed by atoms with Crippen LogP contribution in [0.1, 0.15) is 41.5 Å². The number of amides is 1. The summed E-state index contributed by atoms with van der Waals surface area (Å²) in [4.78, 5) is 28.4. The van der Waals surface area contributed by atoms with Crippen molar-refractivity contribution < 1.29 is 9.53 Å². The summed E-state index contributed by atoms with van der Waals surface area (Å²) < 4.78 is 7.19. The molecule has 0 N–H and O–H groups in total. The van der Waals surface area contributed by atoms with E-state index >= 15 is 0 Å². The van der Waals surface area contributed by atoms with Gasteiger partial charge in [0.1, 0.15) is 6.04 Å². The third-order valence-electron chi connectivity index (χ3n) is 6.87. The second-order valence-electron chi connectivity index (χ2n) is 8.95. The highest BCUT2D eigenvalue weighted by atomic mass is 32.2. The summed E-state index contributed by atoms with van der Waals surface area (Å²) in [5.74, 6) is 1.21. The first-order chi connectivity index (χ1) is 15.7. The highest BCUT2D eigenvalue weighted by molar-refractivity contribution is 7.99. The SMILES string of the molecule is O=C(C1CSc2c(C3CC3)c(Cc3cccc4ccccc34)cc(=O)n21)N1CCOCC1. The highest BCUT2D eigenvalue weighted by Crippen LogP contribution is 2.49. The number of morpholine rings is 1. The van der Waals surface area contributed by atoms with Crippen molar-refractivity contribution >= 4 is 28.4 Å². The summed E-state index contributed by atoms with van der Waals surface area (Å²) >= 11 is 1.69. The minimum atomic E-state index is -0.398. The average Bonchev–Trinajstić information content (AvgIpc) is 3.56. The Bertz CT molecular complexity index is 1250. The van der Waals surface area contributed by atoms with Crippen LogP contribution in [0.4, 0.5) is 0 Å². The van der Waals surface area contributed by atoms with E-state index in [1.54, 1.807) is 16.3 Å². The van der Waals surface area contributed by atoms with Crippen molar-refractivity contribution in [1.82, 2.24) is 9.47 Å². The van der Waals surface area contributed by atoms with Crippen molar-refractivity contribution in [2.24, 2.45) is 0 Å². The van der Waals surface area contributed by atoms with Crippen LogP contribution in [0.2, 0.25) is 0 Å². The van der Waals surface area contributed by atoms with E-state index in [2.05, 4.69) is 42.5 Å². The van der Waals surface area contributed by atoms with Gasteiger partial charge in [-0.1, -0.05) is 42.5 Å². The summed E-state index contributed by atoms with van der Waals surface area (Å²) in [6.45, 7) is 2.37. The van der Waals surface area contributed by atoms with Gasteiger partial charge in [0.05, 0.1) is 18.2 Å². The maximum Gasteiger partial charge on any atom is 0.252 e. The van der Waals surface area contributed by atoms with Crippen LogP contribution in [0.25, 0.3) is 10.8 Å². The lowest BCUT2D eigenvalue weighted by molar-refractivity contribution is -0.138. The molecule has 1 atom stereocenters. The third kappa shape index (κ3) is 3.46. The van der Waals surface area contributed by atoms with Crippen LogP contribution in [0.3, 0.4) is 0 Å². The Hall–Kier alpha value is -2.57. The second kappa shape index (κ2) is 8.09. The van der Waals surface area contributed by atoms with Crippen LogP contribution in [-0.4, -0.2) is 47.4 Å². The molecule has 2 fully saturated rings. The van der Waals surface area contributed by atoms with Gasteiger partial charge in [-0.25, -0.2) is 0 Å². The molecule has 0 radical (unpaired) electrons. The number of nitrogens with zero attached hydrogens (tertiary/aromatic N) is 2. The lowest BCUT2D eigenvalue weighted by Gasteiger charge is -2.29. The van der Waals surface area contributed by atoms with E-state index < -0.39 is 6.04 Å². The van der Waals surface area contributed by atoms with Gasteiger partial charge in [-0.3, -0.25) is 14.2 Å². The molecule has 3 heterocycles. The monoisotopic (exact) mass is 446 g/mol. The molecule has 2 aromatic carbocycles. The lowest BCUT2D eigenvalue weighted by atomic mass is 9.95. The number of fused-ring (bicyclic) bond motifs is 2. The predicted octanol–water partition coefficient (Wildman–Crippen LogP) is 3.98. The lowest BCUT2D eigenvalue weighted by Crippen LogP contribution is -2.45. The quantitative estimate of drug-likeness (QED) is 0.609. The molecule has 0 spiro atoms. The van der Waals surface area contributed by atoms with Crippen LogP contribution >= 0.6 is 11.8 Å². The Morgan fingerprint density at radius 3 is 2.62 bits per heavy atom. The van der Waals surface area contributed by atoms with Crippen molar-refractivity contribution in [2.75, 3.05) is 32.1 Å². The molecule has 2 aliphatic heterocycles. The molecule has 1 saturated carbocycles. The van der Waals surface area contributed by atoms with Gasteiger partial charge < -0.3 is 9.64 Å². The molecule has 1 saturated heterocycles. The van der Waals surface area contributed by atoms with Crippen LogP contribution in [0.15, 0.2) is 58.4 Å². The van der Waals surface area contributed by atoms with Crippen molar-refractivity contribution in [3.63, 3.8) is 0 Å². The molecule has 3 aliphatic rings. The normalized spacial score (nSPS) is 20.5. The standard InChI is InChI=1S/C26H26N2O3S/c29-23-15-20(14-19-6-3-5-17-4-1-2-7-21(17)19)24(18-8-9-18)26-28(23)22(16-32-26)25(30)27-10-12-31-13-11-27/h1-7,15,18,22H,8-14,16H2. The van der Waals surface area contributed by atoms with Gasteiger partial charge in [-0.15, -0.1) is 11.8 Å².